The van der Waals surface area contributed by atoms with Crippen molar-refractivity contribution in [3.8, 4) is 0 Å². The number of hydrogen-bond donors (Lipinski definition) is 2. The number of anilines is 3. The van der Waals surface area contributed by atoms with Gasteiger partial charge in [-0.1, -0.05) is 35.3 Å². The average Bonchev–Trinajstić information content (AvgIpc) is 2.59. The van der Waals surface area contributed by atoms with Crippen LogP contribution in [0, 0.1) is 0 Å². The first-order chi connectivity index (χ1) is 11.6. The van der Waals surface area contributed by atoms with Gasteiger partial charge >= 0.3 is 0 Å². The van der Waals surface area contributed by atoms with Crippen LogP contribution < -0.4 is 10.6 Å². The Balaban J connectivity index is 1.84. The van der Waals surface area contributed by atoms with E-state index in [1.54, 1.807) is 54.7 Å². The van der Waals surface area contributed by atoms with Gasteiger partial charge < -0.3 is 10.6 Å². The lowest BCUT2D eigenvalue weighted by atomic mass is 10.2. The minimum absolute atomic E-state index is 0.298. The Hall–Kier alpha value is -2.56. The summed E-state index contributed by atoms with van der Waals surface area (Å²) >= 11 is 12.0. The molecule has 3 aromatic rings. The van der Waals surface area contributed by atoms with E-state index in [1.807, 2.05) is 12.1 Å². The molecule has 0 aliphatic carbocycles. The summed E-state index contributed by atoms with van der Waals surface area (Å²) in [7, 11) is 0. The topological polar surface area (TPSA) is 54.0 Å². The Kier molecular flexibility index (Phi) is 4.99. The van der Waals surface area contributed by atoms with Gasteiger partial charge in [0.25, 0.3) is 5.91 Å². The molecule has 2 N–H and O–H groups in total. The number of carbonyl (C=O) groups excluding carboxylic acids is 1. The Labute approximate surface area is 149 Å². The molecule has 6 heteroatoms. The van der Waals surface area contributed by atoms with Crippen LogP contribution in [0.2, 0.25) is 10.0 Å². The molecule has 4 nitrogen and oxygen atoms in total. The number of carbonyl (C=O) groups is 1. The molecular weight excluding hydrogens is 345 g/mol. The third kappa shape index (κ3) is 3.85. The standard InChI is InChI=1S/C18H13Cl2N3O/c19-12-7-9-13(10-8-12)22-17-14(4-3-11-21-17)18(24)23-16-6-2-1-5-15(16)20/h1-11H,(H,21,22)(H,23,24). The lowest BCUT2D eigenvalue weighted by Gasteiger charge is -2.12. The van der Waals surface area contributed by atoms with E-state index in [0.29, 0.717) is 27.1 Å². The molecule has 0 unspecified atom stereocenters. The molecule has 2 aromatic carbocycles. The molecule has 0 spiro atoms. The molecule has 1 aromatic heterocycles. The molecule has 0 saturated heterocycles. The molecule has 0 fully saturated rings. The number of aromatic nitrogens is 1. The van der Waals surface area contributed by atoms with Crippen LogP contribution in [-0.4, -0.2) is 10.9 Å². The number of amides is 1. The predicted octanol–water partition coefficient (Wildman–Crippen LogP) is 5.38. The highest BCUT2D eigenvalue weighted by Gasteiger charge is 2.14. The third-order valence-corrected chi connectivity index (χ3v) is 3.86. The molecule has 0 aliphatic heterocycles. The zero-order valence-electron chi connectivity index (χ0n) is 12.5. The van der Waals surface area contributed by atoms with Crippen molar-refractivity contribution in [2.45, 2.75) is 0 Å². The fourth-order valence-corrected chi connectivity index (χ4v) is 2.42. The van der Waals surface area contributed by atoms with Crippen LogP contribution in [0.15, 0.2) is 66.9 Å². The maximum Gasteiger partial charge on any atom is 0.259 e. The Morgan fingerprint density at radius 3 is 2.42 bits per heavy atom. The Morgan fingerprint density at radius 2 is 1.67 bits per heavy atom. The van der Waals surface area contributed by atoms with Crippen molar-refractivity contribution in [2.24, 2.45) is 0 Å². The summed E-state index contributed by atoms with van der Waals surface area (Å²) in [6.07, 6.45) is 1.62. The van der Waals surface area contributed by atoms with E-state index in [2.05, 4.69) is 15.6 Å². The summed E-state index contributed by atoms with van der Waals surface area (Å²) in [6.45, 7) is 0. The van der Waals surface area contributed by atoms with Crippen molar-refractivity contribution >= 4 is 46.3 Å². The summed E-state index contributed by atoms with van der Waals surface area (Å²) in [4.78, 5) is 16.8. The fourth-order valence-electron chi connectivity index (χ4n) is 2.11. The number of halogens is 2. The molecule has 0 radical (unpaired) electrons. The van der Waals surface area contributed by atoms with E-state index >= 15 is 0 Å². The molecule has 1 amide bonds. The van der Waals surface area contributed by atoms with Crippen molar-refractivity contribution in [3.63, 3.8) is 0 Å². The maximum absolute atomic E-state index is 12.6. The minimum atomic E-state index is -0.298. The van der Waals surface area contributed by atoms with Gasteiger partial charge in [-0.15, -0.1) is 0 Å². The van der Waals surface area contributed by atoms with Crippen LogP contribution in [-0.2, 0) is 0 Å². The molecule has 0 bridgehead atoms. The van der Waals surface area contributed by atoms with Gasteiger partial charge in [-0.05, 0) is 48.5 Å². The van der Waals surface area contributed by atoms with Crippen LogP contribution in [0.4, 0.5) is 17.2 Å². The lowest BCUT2D eigenvalue weighted by molar-refractivity contribution is 0.102. The summed E-state index contributed by atoms with van der Waals surface area (Å²) in [5.74, 6) is 0.150. The van der Waals surface area contributed by atoms with Crippen molar-refractivity contribution in [1.82, 2.24) is 4.98 Å². The van der Waals surface area contributed by atoms with Crippen molar-refractivity contribution < 1.29 is 4.79 Å². The number of rotatable bonds is 4. The molecule has 0 saturated carbocycles. The number of benzene rings is 2. The second-order valence-electron chi connectivity index (χ2n) is 4.97. The fraction of sp³-hybridized carbons (Fsp3) is 0. The first-order valence-electron chi connectivity index (χ1n) is 7.17. The summed E-state index contributed by atoms with van der Waals surface area (Å²) in [6, 6.07) is 17.6. The largest absolute Gasteiger partial charge is 0.340 e. The number of para-hydroxylation sites is 1. The van der Waals surface area contributed by atoms with Gasteiger partial charge in [0.1, 0.15) is 5.82 Å². The van der Waals surface area contributed by atoms with Gasteiger partial charge in [-0.3, -0.25) is 4.79 Å². The highest BCUT2D eigenvalue weighted by atomic mass is 35.5. The summed E-state index contributed by atoms with van der Waals surface area (Å²) in [5, 5.41) is 7.02. The third-order valence-electron chi connectivity index (χ3n) is 3.28. The van der Waals surface area contributed by atoms with E-state index in [-0.39, 0.29) is 5.91 Å². The second-order valence-corrected chi connectivity index (χ2v) is 5.81. The summed E-state index contributed by atoms with van der Waals surface area (Å²) in [5.41, 5.74) is 1.74. The van der Waals surface area contributed by atoms with Crippen LogP contribution in [0.1, 0.15) is 10.4 Å². The van der Waals surface area contributed by atoms with Crippen molar-refractivity contribution in [3.05, 3.63) is 82.5 Å². The van der Waals surface area contributed by atoms with Gasteiger partial charge in [-0.2, -0.15) is 0 Å². The first kappa shape index (κ1) is 16.3. The Morgan fingerprint density at radius 1 is 0.917 bits per heavy atom. The van der Waals surface area contributed by atoms with E-state index < -0.39 is 0 Å². The van der Waals surface area contributed by atoms with Gasteiger partial charge in [0.15, 0.2) is 0 Å². The van der Waals surface area contributed by atoms with E-state index in [4.69, 9.17) is 23.2 Å². The molecule has 3 rings (SSSR count). The van der Waals surface area contributed by atoms with Gasteiger partial charge in [0.2, 0.25) is 0 Å². The normalized spacial score (nSPS) is 10.2. The number of nitrogens with zero attached hydrogens (tertiary/aromatic N) is 1. The number of hydrogen-bond acceptors (Lipinski definition) is 3. The monoisotopic (exact) mass is 357 g/mol. The molecular formula is C18H13Cl2N3O. The van der Waals surface area contributed by atoms with E-state index in [9.17, 15) is 4.79 Å². The first-order valence-corrected chi connectivity index (χ1v) is 7.92. The van der Waals surface area contributed by atoms with Crippen LogP contribution in [0.3, 0.4) is 0 Å². The SMILES string of the molecule is O=C(Nc1ccccc1Cl)c1cccnc1Nc1ccc(Cl)cc1. The van der Waals surface area contributed by atoms with Crippen molar-refractivity contribution in [2.75, 3.05) is 10.6 Å². The van der Waals surface area contributed by atoms with Crippen LogP contribution in [0.25, 0.3) is 0 Å². The highest BCUT2D eigenvalue weighted by molar-refractivity contribution is 6.34. The molecule has 0 aliphatic rings. The van der Waals surface area contributed by atoms with Crippen molar-refractivity contribution in [1.29, 1.82) is 0 Å². The predicted molar refractivity (Wildman–Crippen MR) is 98.4 cm³/mol. The van der Waals surface area contributed by atoms with Gasteiger partial charge in [-0.25, -0.2) is 4.98 Å². The minimum Gasteiger partial charge on any atom is -0.340 e. The number of pyridine rings is 1. The van der Waals surface area contributed by atoms with Crippen LogP contribution in [0.5, 0.6) is 0 Å². The van der Waals surface area contributed by atoms with Crippen LogP contribution >= 0.6 is 23.2 Å². The molecule has 1 heterocycles. The smallest absolute Gasteiger partial charge is 0.259 e. The van der Waals surface area contributed by atoms with Gasteiger partial charge in [0, 0.05) is 16.9 Å². The average molecular weight is 358 g/mol. The lowest BCUT2D eigenvalue weighted by Crippen LogP contribution is -2.14. The Bertz CT molecular complexity index is 866. The van der Waals surface area contributed by atoms with Gasteiger partial charge in [0.05, 0.1) is 16.3 Å². The zero-order chi connectivity index (χ0) is 16.9. The zero-order valence-corrected chi connectivity index (χ0v) is 14.0. The number of nitrogens with one attached hydrogen (secondary N) is 2. The van der Waals surface area contributed by atoms with E-state index in [1.165, 1.54) is 0 Å². The molecule has 0 atom stereocenters. The van der Waals surface area contributed by atoms with E-state index in [0.717, 1.165) is 5.69 Å². The molecule has 24 heavy (non-hydrogen) atoms. The highest BCUT2D eigenvalue weighted by Crippen LogP contribution is 2.24. The maximum atomic E-state index is 12.6. The second kappa shape index (κ2) is 7.34. The quantitative estimate of drug-likeness (QED) is 0.658. The summed E-state index contributed by atoms with van der Waals surface area (Å²) < 4.78 is 0. The molecule has 120 valence electrons.